The molecule has 1 aromatic rings. The number of aliphatic hydroxyl groups is 1. The fourth-order valence-corrected chi connectivity index (χ4v) is 3.19. The zero-order valence-corrected chi connectivity index (χ0v) is 11.3. The minimum Gasteiger partial charge on any atom is -0.393 e. The molecule has 1 aliphatic carbocycles. The van der Waals surface area contributed by atoms with Crippen molar-refractivity contribution in [1.82, 2.24) is 9.78 Å². The molecule has 0 bridgehead atoms. The Bertz CT molecular complexity index is 384. The van der Waals surface area contributed by atoms with Gasteiger partial charge >= 0.3 is 0 Å². The van der Waals surface area contributed by atoms with Crippen LogP contribution in [0.3, 0.4) is 0 Å². The predicted molar refractivity (Wildman–Crippen MR) is 68.9 cm³/mol. The largest absolute Gasteiger partial charge is 0.393 e. The van der Waals surface area contributed by atoms with E-state index in [1.165, 1.54) is 5.69 Å². The van der Waals surface area contributed by atoms with Crippen LogP contribution in [0.1, 0.15) is 50.5 Å². The van der Waals surface area contributed by atoms with E-state index in [0.717, 1.165) is 25.0 Å². The molecule has 2 rings (SSSR count). The number of rotatable bonds is 2. The quantitative estimate of drug-likeness (QED) is 0.857. The summed E-state index contributed by atoms with van der Waals surface area (Å²) >= 11 is 0. The first-order valence-electron chi connectivity index (χ1n) is 6.70. The van der Waals surface area contributed by atoms with E-state index in [1.54, 1.807) is 0 Å². The normalized spacial score (nSPS) is 29.9. The van der Waals surface area contributed by atoms with Gasteiger partial charge in [0, 0.05) is 5.69 Å². The van der Waals surface area contributed by atoms with Gasteiger partial charge in [-0.3, -0.25) is 4.68 Å². The maximum atomic E-state index is 9.90. The van der Waals surface area contributed by atoms with Crippen LogP contribution in [0.15, 0.2) is 6.07 Å². The number of aliphatic hydroxyl groups excluding tert-OH is 1. The summed E-state index contributed by atoms with van der Waals surface area (Å²) in [6.07, 6.45) is 2.75. The third-order valence-electron chi connectivity index (χ3n) is 4.06. The van der Waals surface area contributed by atoms with Crippen molar-refractivity contribution in [3.63, 3.8) is 0 Å². The van der Waals surface area contributed by atoms with Gasteiger partial charge in [0.2, 0.25) is 0 Å². The molecule has 1 N–H and O–H groups in total. The van der Waals surface area contributed by atoms with Crippen LogP contribution in [-0.4, -0.2) is 21.0 Å². The summed E-state index contributed by atoms with van der Waals surface area (Å²) in [5.41, 5.74) is 2.29. The minimum atomic E-state index is -0.154. The first-order chi connectivity index (χ1) is 7.99. The predicted octanol–water partition coefficient (Wildman–Crippen LogP) is 2.86. The maximum absolute atomic E-state index is 9.90. The zero-order valence-electron chi connectivity index (χ0n) is 11.3. The lowest BCUT2D eigenvalue weighted by Crippen LogP contribution is -2.34. The highest BCUT2D eigenvalue weighted by Crippen LogP contribution is 2.38. The Balaban J connectivity index is 2.28. The molecule has 1 aliphatic rings. The molecule has 0 spiro atoms. The monoisotopic (exact) mass is 236 g/mol. The third-order valence-corrected chi connectivity index (χ3v) is 4.06. The van der Waals surface area contributed by atoms with Crippen molar-refractivity contribution in [2.45, 2.75) is 59.1 Å². The van der Waals surface area contributed by atoms with Gasteiger partial charge in [-0.05, 0) is 51.0 Å². The van der Waals surface area contributed by atoms with Crippen LogP contribution >= 0.6 is 0 Å². The molecule has 3 unspecified atom stereocenters. The third kappa shape index (κ3) is 2.54. The van der Waals surface area contributed by atoms with Gasteiger partial charge < -0.3 is 5.11 Å². The second kappa shape index (κ2) is 4.81. The summed E-state index contributed by atoms with van der Waals surface area (Å²) in [6, 6.07) is 2.49. The molecule has 0 aliphatic heterocycles. The van der Waals surface area contributed by atoms with E-state index in [-0.39, 0.29) is 6.10 Å². The van der Waals surface area contributed by atoms with Gasteiger partial charge in [-0.25, -0.2) is 0 Å². The molecule has 3 heteroatoms. The number of nitrogens with zero attached hydrogens (tertiary/aromatic N) is 2. The van der Waals surface area contributed by atoms with E-state index in [9.17, 15) is 5.11 Å². The zero-order chi connectivity index (χ0) is 12.6. The van der Waals surface area contributed by atoms with Gasteiger partial charge in [-0.15, -0.1) is 0 Å². The molecule has 3 nitrogen and oxygen atoms in total. The standard InChI is InChI=1S/C14H24N2O/c1-9(2)13-6-5-12(17)8-14(13)16-11(4)7-10(3)15-16/h7,9,12-14,17H,5-6,8H2,1-4H3. The van der Waals surface area contributed by atoms with Gasteiger partial charge in [0.1, 0.15) is 0 Å². The van der Waals surface area contributed by atoms with Crippen molar-refractivity contribution < 1.29 is 5.11 Å². The summed E-state index contributed by atoms with van der Waals surface area (Å²) in [5.74, 6) is 1.29. The second-order valence-corrected chi connectivity index (χ2v) is 5.81. The first-order valence-corrected chi connectivity index (χ1v) is 6.70. The van der Waals surface area contributed by atoms with Crippen molar-refractivity contribution in [3.8, 4) is 0 Å². The molecule has 0 radical (unpaired) electrons. The van der Waals surface area contributed by atoms with Crippen LogP contribution in [0, 0.1) is 25.7 Å². The van der Waals surface area contributed by atoms with Gasteiger partial charge in [-0.1, -0.05) is 13.8 Å². The first kappa shape index (κ1) is 12.6. The smallest absolute Gasteiger partial charge is 0.0596 e. The molecule has 1 fully saturated rings. The molecule has 1 saturated carbocycles. The molecule has 0 aromatic carbocycles. The fourth-order valence-electron chi connectivity index (χ4n) is 3.19. The van der Waals surface area contributed by atoms with Crippen LogP contribution in [-0.2, 0) is 0 Å². The van der Waals surface area contributed by atoms with Gasteiger partial charge in [0.05, 0.1) is 17.8 Å². The minimum absolute atomic E-state index is 0.154. The van der Waals surface area contributed by atoms with Crippen molar-refractivity contribution in [2.24, 2.45) is 11.8 Å². The Labute approximate surface area is 104 Å². The Morgan fingerprint density at radius 3 is 2.59 bits per heavy atom. The van der Waals surface area contributed by atoms with Gasteiger partial charge in [0.15, 0.2) is 0 Å². The van der Waals surface area contributed by atoms with Crippen molar-refractivity contribution in [1.29, 1.82) is 0 Å². The second-order valence-electron chi connectivity index (χ2n) is 5.81. The van der Waals surface area contributed by atoms with Crippen LogP contribution < -0.4 is 0 Å². The van der Waals surface area contributed by atoms with E-state index < -0.39 is 0 Å². The lowest BCUT2D eigenvalue weighted by atomic mass is 9.76. The Morgan fingerprint density at radius 1 is 1.35 bits per heavy atom. The number of aromatic nitrogens is 2. The number of hydrogen-bond donors (Lipinski definition) is 1. The van der Waals surface area contributed by atoms with E-state index in [0.29, 0.717) is 17.9 Å². The molecule has 0 saturated heterocycles. The highest BCUT2D eigenvalue weighted by Gasteiger charge is 2.33. The van der Waals surface area contributed by atoms with E-state index >= 15 is 0 Å². The molecular formula is C14H24N2O. The van der Waals surface area contributed by atoms with Crippen LogP contribution in [0.4, 0.5) is 0 Å². The molecule has 1 heterocycles. The SMILES string of the molecule is Cc1cc(C)n(C2CC(O)CCC2C(C)C)n1. The van der Waals surface area contributed by atoms with E-state index in [1.807, 2.05) is 6.92 Å². The average Bonchev–Trinajstić information content (AvgIpc) is 2.57. The van der Waals surface area contributed by atoms with Gasteiger partial charge in [-0.2, -0.15) is 5.10 Å². The Kier molecular flexibility index (Phi) is 3.57. The molecular weight excluding hydrogens is 212 g/mol. The molecule has 96 valence electrons. The summed E-state index contributed by atoms with van der Waals surface area (Å²) in [7, 11) is 0. The Hall–Kier alpha value is -0.830. The van der Waals surface area contributed by atoms with E-state index in [2.05, 4.69) is 36.6 Å². The molecule has 17 heavy (non-hydrogen) atoms. The summed E-state index contributed by atoms with van der Waals surface area (Å²) in [5, 5.41) is 14.5. The van der Waals surface area contributed by atoms with E-state index in [4.69, 9.17) is 0 Å². The lowest BCUT2D eigenvalue weighted by molar-refractivity contribution is 0.0513. The van der Waals surface area contributed by atoms with Crippen LogP contribution in [0.25, 0.3) is 0 Å². The Morgan fingerprint density at radius 2 is 2.06 bits per heavy atom. The van der Waals surface area contributed by atoms with Crippen molar-refractivity contribution >= 4 is 0 Å². The average molecular weight is 236 g/mol. The summed E-state index contributed by atoms with van der Waals surface area (Å²) < 4.78 is 2.14. The van der Waals surface area contributed by atoms with Crippen LogP contribution in [0.5, 0.6) is 0 Å². The maximum Gasteiger partial charge on any atom is 0.0596 e. The molecule has 1 aromatic heterocycles. The van der Waals surface area contributed by atoms with Crippen molar-refractivity contribution in [3.05, 3.63) is 17.5 Å². The number of aryl methyl sites for hydroxylation is 2. The lowest BCUT2D eigenvalue weighted by Gasteiger charge is -2.37. The van der Waals surface area contributed by atoms with Gasteiger partial charge in [0.25, 0.3) is 0 Å². The highest BCUT2D eigenvalue weighted by atomic mass is 16.3. The fraction of sp³-hybridized carbons (Fsp3) is 0.786. The highest BCUT2D eigenvalue weighted by molar-refractivity contribution is 5.08. The van der Waals surface area contributed by atoms with Crippen molar-refractivity contribution in [2.75, 3.05) is 0 Å². The molecule has 0 amide bonds. The summed E-state index contributed by atoms with van der Waals surface area (Å²) in [6.45, 7) is 8.70. The molecule has 3 atom stereocenters. The topological polar surface area (TPSA) is 38.0 Å². The number of hydrogen-bond acceptors (Lipinski definition) is 2. The van der Waals surface area contributed by atoms with Crippen LogP contribution in [0.2, 0.25) is 0 Å². The summed E-state index contributed by atoms with van der Waals surface area (Å²) in [4.78, 5) is 0.